The highest BCUT2D eigenvalue weighted by atomic mass is 32.2. The molecule has 0 saturated heterocycles. The van der Waals surface area contributed by atoms with Gasteiger partial charge in [0, 0.05) is 22.6 Å². The molecule has 0 radical (unpaired) electrons. The first-order valence-corrected chi connectivity index (χ1v) is 10.8. The van der Waals surface area contributed by atoms with Gasteiger partial charge >= 0.3 is 0 Å². The first-order valence-electron chi connectivity index (χ1n) is 10.0. The van der Waals surface area contributed by atoms with Gasteiger partial charge in [0.1, 0.15) is 16.7 Å². The number of hydrogen-bond donors (Lipinski definition) is 1. The van der Waals surface area contributed by atoms with Crippen molar-refractivity contribution in [2.75, 3.05) is 0 Å². The number of aromatic nitrogens is 1. The van der Waals surface area contributed by atoms with Gasteiger partial charge in [0.15, 0.2) is 5.84 Å². The molecule has 3 heterocycles. The number of amides is 1. The number of carbonyl (C=O) groups excluding carboxylic acids is 1. The third-order valence-corrected chi connectivity index (χ3v) is 6.34. The van der Waals surface area contributed by atoms with E-state index in [1.807, 2.05) is 24.5 Å². The van der Waals surface area contributed by atoms with Gasteiger partial charge in [-0.25, -0.2) is 8.78 Å². The van der Waals surface area contributed by atoms with Gasteiger partial charge < -0.3 is 4.57 Å². The normalized spacial score (nSPS) is 16.8. The Balaban J connectivity index is 1.51. The maximum atomic E-state index is 13.7. The van der Waals surface area contributed by atoms with Gasteiger partial charge in [-0.2, -0.15) is 15.1 Å². The summed E-state index contributed by atoms with van der Waals surface area (Å²) < 4.78 is 28.9. The van der Waals surface area contributed by atoms with Crippen molar-refractivity contribution in [3.8, 4) is 5.69 Å². The average molecular weight is 461 g/mol. The van der Waals surface area contributed by atoms with E-state index in [0.717, 1.165) is 28.7 Å². The fraction of sp³-hybridized carbons (Fsp3) is 0.0833. The Hall–Kier alpha value is -3.85. The van der Waals surface area contributed by atoms with E-state index in [0.29, 0.717) is 16.3 Å². The number of carbonyl (C=O) groups is 1. The summed E-state index contributed by atoms with van der Waals surface area (Å²) in [5.41, 5.74) is 3.82. The van der Waals surface area contributed by atoms with Gasteiger partial charge in [-0.15, -0.1) is 0 Å². The second-order valence-corrected chi connectivity index (χ2v) is 8.53. The Kier molecular flexibility index (Phi) is 5.05. The van der Waals surface area contributed by atoms with Crippen LogP contribution in [0, 0.1) is 30.9 Å². The van der Waals surface area contributed by atoms with Crippen molar-refractivity contribution >= 4 is 39.8 Å². The molecule has 2 aliphatic rings. The summed E-state index contributed by atoms with van der Waals surface area (Å²) in [5.74, 6) is -1.33. The van der Waals surface area contributed by atoms with Crippen molar-refractivity contribution < 1.29 is 13.6 Å². The van der Waals surface area contributed by atoms with Crippen LogP contribution < -0.4 is 0 Å². The Morgan fingerprint density at radius 2 is 1.79 bits per heavy atom. The Bertz CT molecular complexity index is 1420. The molecule has 0 fully saturated rings. The van der Waals surface area contributed by atoms with Crippen LogP contribution in [0.4, 0.5) is 8.78 Å². The maximum Gasteiger partial charge on any atom is 0.283 e. The topological polar surface area (TPSA) is 73.8 Å². The molecule has 6 nitrogen and oxygen atoms in total. The van der Waals surface area contributed by atoms with Crippen molar-refractivity contribution in [2.24, 2.45) is 10.1 Å². The molecular weight excluding hydrogens is 444 g/mol. The first kappa shape index (κ1) is 21.0. The molecule has 0 bridgehead atoms. The smallest absolute Gasteiger partial charge is 0.283 e. The lowest BCUT2D eigenvalue weighted by atomic mass is 10.1. The van der Waals surface area contributed by atoms with Gasteiger partial charge in [-0.05, 0) is 85.8 Å². The van der Waals surface area contributed by atoms with Gasteiger partial charge in [-0.1, -0.05) is 6.07 Å². The van der Waals surface area contributed by atoms with Crippen molar-refractivity contribution in [1.82, 2.24) is 9.58 Å². The SMILES string of the molecule is Cc1cc(C=C2C(=N)N3N=C(c4ccc(F)cc4)SC3=NC2=O)c(C)n1-c1cccc(F)c1. The van der Waals surface area contributed by atoms with Crippen LogP contribution in [-0.4, -0.2) is 31.5 Å². The van der Waals surface area contributed by atoms with Crippen LogP contribution in [0.1, 0.15) is 22.5 Å². The van der Waals surface area contributed by atoms with E-state index in [9.17, 15) is 13.6 Å². The zero-order chi connectivity index (χ0) is 23.3. The molecule has 2 aliphatic heterocycles. The van der Waals surface area contributed by atoms with Gasteiger partial charge in [-0.3, -0.25) is 10.2 Å². The molecule has 9 heteroatoms. The molecule has 0 atom stereocenters. The predicted molar refractivity (Wildman–Crippen MR) is 126 cm³/mol. The van der Waals surface area contributed by atoms with E-state index in [1.165, 1.54) is 29.3 Å². The Labute approximate surface area is 192 Å². The molecule has 164 valence electrons. The quantitative estimate of drug-likeness (QED) is 0.556. The van der Waals surface area contributed by atoms with E-state index < -0.39 is 5.91 Å². The van der Waals surface area contributed by atoms with E-state index in [-0.39, 0.29) is 28.2 Å². The summed E-state index contributed by atoms with van der Waals surface area (Å²) in [6.45, 7) is 3.76. The Morgan fingerprint density at radius 3 is 2.52 bits per heavy atom. The fourth-order valence-corrected chi connectivity index (χ4v) is 4.70. The van der Waals surface area contributed by atoms with Crippen molar-refractivity contribution in [3.05, 3.63) is 94.3 Å². The second kappa shape index (κ2) is 7.93. The fourth-order valence-electron chi connectivity index (χ4n) is 3.80. The minimum Gasteiger partial charge on any atom is -0.318 e. The number of nitrogens with one attached hydrogen (secondary N) is 1. The summed E-state index contributed by atoms with van der Waals surface area (Å²) in [6, 6.07) is 14.0. The molecule has 0 spiro atoms. The number of benzene rings is 2. The second-order valence-electron chi connectivity index (χ2n) is 7.57. The number of aliphatic imine (C=N–C) groups is 1. The van der Waals surface area contributed by atoms with Crippen molar-refractivity contribution in [2.45, 2.75) is 13.8 Å². The number of fused-ring (bicyclic) bond motifs is 1. The van der Waals surface area contributed by atoms with Crippen LogP contribution in [-0.2, 0) is 4.79 Å². The average Bonchev–Trinajstić information content (AvgIpc) is 3.32. The molecule has 1 aromatic heterocycles. The van der Waals surface area contributed by atoms with Crippen LogP contribution >= 0.6 is 11.8 Å². The molecule has 0 unspecified atom stereocenters. The number of halogens is 2. The number of hydrazone groups is 1. The number of aryl methyl sites for hydroxylation is 1. The molecule has 2 aromatic carbocycles. The standard InChI is InChI=1S/C24H17F2N5OS/c1-13-10-16(14(2)30(13)19-5-3-4-18(26)12-19)11-20-21(27)31-24(28-22(20)32)33-23(29-31)15-6-8-17(25)9-7-15/h3-12,27H,1-2H3. The molecule has 33 heavy (non-hydrogen) atoms. The van der Waals surface area contributed by atoms with E-state index in [1.54, 1.807) is 30.3 Å². The minimum absolute atomic E-state index is 0.0924. The molecule has 3 aromatic rings. The van der Waals surface area contributed by atoms with Gasteiger partial charge in [0.05, 0.1) is 5.57 Å². The molecule has 1 N–H and O–H groups in total. The number of nitrogens with zero attached hydrogens (tertiary/aromatic N) is 4. The number of thioether (sulfide) groups is 1. The van der Waals surface area contributed by atoms with Crippen molar-refractivity contribution in [3.63, 3.8) is 0 Å². The minimum atomic E-state index is -0.537. The molecular formula is C24H17F2N5OS. The third kappa shape index (κ3) is 3.70. The van der Waals surface area contributed by atoms with Crippen molar-refractivity contribution in [1.29, 1.82) is 5.41 Å². The summed E-state index contributed by atoms with van der Waals surface area (Å²) >= 11 is 1.15. The predicted octanol–water partition coefficient (Wildman–Crippen LogP) is 5.04. The zero-order valence-corrected chi connectivity index (χ0v) is 18.5. The third-order valence-electron chi connectivity index (χ3n) is 5.38. The van der Waals surface area contributed by atoms with Gasteiger partial charge in [0.25, 0.3) is 5.91 Å². The summed E-state index contributed by atoms with van der Waals surface area (Å²) in [7, 11) is 0. The monoisotopic (exact) mass is 461 g/mol. The van der Waals surface area contributed by atoms with Gasteiger partial charge in [0.2, 0.25) is 5.17 Å². The summed E-state index contributed by atoms with van der Waals surface area (Å²) in [6.07, 6.45) is 1.61. The molecule has 1 amide bonds. The van der Waals surface area contributed by atoms with E-state index >= 15 is 0 Å². The van der Waals surface area contributed by atoms with Crippen LogP contribution in [0.15, 0.2) is 70.3 Å². The summed E-state index contributed by atoms with van der Waals surface area (Å²) in [5, 5.41) is 15.1. The number of hydrogen-bond acceptors (Lipinski definition) is 4. The Morgan fingerprint density at radius 1 is 1.03 bits per heavy atom. The summed E-state index contributed by atoms with van der Waals surface area (Å²) in [4.78, 5) is 16.9. The first-order chi connectivity index (χ1) is 15.8. The lowest BCUT2D eigenvalue weighted by molar-refractivity contribution is -0.114. The largest absolute Gasteiger partial charge is 0.318 e. The lowest BCUT2D eigenvalue weighted by Gasteiger charge is -2.20. The molecule has 0 saturated carbocycles. The van der Waals surface area contributed by atoms with Crippen LogP contribution in [0.5, 0.6) is 0 Å². The van der Waals surface area contributed by atoms with E-state index in [4.69, 9.17) is 5.41 Å². The van der Waals surface area contributed by atoms with Crippen LogP contribution in [0.3, 0.4) is 0 Å². The lowest BCUT2D eigenvalue weighted by Crippen LogP contribution is -2.35. The highest BCUT2D eigenvalue weighted by Crippen LogP contribution is 2.32. The number of amidine groups is 2. The molecule has 5 rings (SSSR count). The van der Waals surface area contributed by atoms with Crippen LogP contribution in [0.2, 0.25) is 0 Å². The molecule has 0 aliphatic carbocycles. The van der Waals surface area contributed by atoms with E-state index in [2.05, 4.69) is 10.1 Å². The zero-order valence-electron chi connectivity index (χ0n) is 17.6. The number of rotatable bonds is 3. The van der Waals surface area contributed by atoms with Crippen LogP contribution in [0.25, 0.3) is 11.8 Å². The maximum absolute atomic E-state index is 13.7. The highest BCUT2D eigenvalue weighted by molar-refractivity contribution is 8.27. The highest BCUT2D eigenvalue weighted by Gasteiger charge is 2.36.